The van der Waals surface area contributed by atoms with Crippen LogP contribution in [0.5, 0.6) is 5.75 Å². The van der Waals surface area contributed by atoms with Gasteiger partial charge in [-0.2, -0.15) is 5.10 Å². The van der Waals surface area contributed by atoms with Gasteiger partial charge in [-0.25, -0.2) is 9.07 Å². The average molecular weight is 503 g/mol. The van der Waals surface area contributed by atoms with Crippen molar-refractivity contribution in [1.29, 1.82) is 0 Å². The lowest BCUT2D eigenvalue weighted by molar-refractivity contribution is -0.274. The van der Waals surface area contributed by atoms with Gasteiger partial charge >= 0.3 is 6.36 Å². The Hall–Kier alpha value is -3.65. The van der Waals surface area contributed by atoms with Crippen molar-refractivity contribution in [3.8, 4) is 11.4 Å². The van der Waals surface area contributed by atoms with Gasteiger partial charge in [-0.05, 0) is 91.6 Å². The van der Waals surface area contributed by atoms with E-state index in [1.54, 1.807) is 25.1 Å². The van der Waals surface area contributed by atoms with E-state index in [-0.39, 0.29) is 27.6 Å². The van der Waals surface area contributed by atoms with Gasteiger partial charge in [0, 0.05) is 5.02 Å². The Morgan fingerprint density at radius 3 is 2.31 bits per heavy atom. The smallest absolute Gasteiger partial charge is 0.406 e. The second-order valence-corrected chi connectivity index (χ2v) is 8.52. The molecule has 4 rings (SSSR count). The first-order chi connectivity index (χ1) is 16.4. The standard InChI is InChI=1S/C26H19ClF4N2O2/c1-14-11-20-23(12-15(14)2)33(22-9-6-18(27)13-21(22)28)32-24(25(20)34)16(3)10-17-4-7-19(8-5-17)35-26(29,30)31/h4-13H,1-3H3/b16-10+. The maximum absolute atomic E-state index is 14.8. The van der Waals surface area contributed by atoms with Crippen molar-refractivity contribution in [2.24, 2.45) is 0 Å². The Labute approximate surface area is 203 Å². The summed E-state index contributed by atoms with van der Waals surface area (Å²) in [4.78, 5) is 13.4. The molecule has 3 aromatic carbocycles. The van der Waals surface area contributed by atoms with Crippen LogP contribution in [-0.2, 0) is 0 Å². The molecule has 1 aromatic heterocycles. The van der Waals surface area contributed by atoms with Gasteiger partial charge in [-0.1, -0.05) is 23.7 Å². The quantitative estimate of drug-likeness (QED) is 0.276. The highest BCUT2D eigenvalue weighted by Crippen LogP contribution is 2.26. The molecule has 0 fully saturated rings. The molecule has 4 nitrogen and oxygen atoms in total. The number of ether oxygens (including phenoxy) is 1. The third-order valence-electron chi connectivity index (χ3n) is 5.51. The molecule has 0 aliphatic carbocycles. The van der Waals surface area contributed by atoms with Crippen molar-refractivity contribution in [3.63, 3.8) is 0 Å². The molecule has 180 valence electrons. The summed E-state index contributed by atoms with van der Waals surface area (Å²) in [6, 6.07) is 12.9. The fourth-order valence-electron chi connectivity index (χ4n) is 3.66. The van der Waals surface area contributed by atoms with Crippen LogP contribution in [-0.4, -0.2) is 16.1 Å². The largest absolute Gasteiger partial charge is 0.573 e. The van der Waals surface area contributed by atoms with Crippen LogP contribution in [0.15, 0.2) is 59.4 Å². The number of halogens is 5. The van der Waals surface area contributed by atoms with Crippen molar-refractivity contribution in [2.45, 2.75) is 27.1 Å². The zero-order chi connectivity index (χ0) is 25.5. The van der Waals surface area contributed by atoms with Gasteiger partial charge in [0.15, 0.2) is 0 Å². The van der Waals surface area contributed by atoms with Crippen LogP contribution in [0.25, 0.3) is 28.2 Å². The summed E-state index contributed by atoms with van der Waals surface area (Å²) >= 11 is 5.91. The Kier molecular flexibility index (Phi) is 6.42. The Bertz CT molecular complexity index is 1520. The fraction of sp³-hybridized carbons (Fsp3) is 0.154. The van der Waals surface area contributed by atoms with Crippen LogP contribution < -0.4 is 10.2 Å². The van der Waals surface area contributed by atoms with Crippen LogP contribution >= 0.6 is 11.6 Å². The van der Waals surface area contributed by atoms with E-state index in [4.69, 9.17) is 11.6 Å². The molecule has 0 radical (unpaired) electrons. The van der Waals surface area contributed by atoms with E-state index in [1.165, 1.54) is 41.1 Å². The summed E-state index contributed by atoms with van der Waals surface area (Å²) in [5, 5.41) is 5.05. The number of rotatable bonds is 4. The van der Waals surface area contributed by atoms with Crippen molar-refractivity contribution in [2.75, 3.05) is 0 Å². The van der Waals surface area contributed by atoms with Gasteiger partial charge < -0.3 is 4.74 Å². The molecule has 9 heteroatoms. The van der Waals surface area contributed by atoms with Crippen molar-refractivity contribution in [1.82, 2.24) is 9.78 Å². The number of hydrogen-bond acceptors (Lipinski definition) is 3. The van der Waals surface area contributed by atoms with Gasteiger partial charge in [0.05, 0.1) is 10.9 Å². The molecule has 0 spiro atoms. The molecular formula is C26H19ClF4N2O2. The zero-order valence-electron chi connectivity index (χ0n) is 18.9. The number of nitrogens with zero attached hydrogens (tertiary/aromatic N) is 2. The first-order valence-corrected chi connectivity index (χ1v) is 10.8. The minimum Gasteiger partial charge on any atom is -0.406 e. The number of aryl methyl sites for hydroxylation is 2. The molecular weight excluding hydrogens is 484 g/mol. The number of benzene rings is 3. The molecule has 0 bridgehead atoms. The van der Waals surface area contributed by atoms with Crippen LogP contribution in [0.2, 0.25) is 5.02 Å². The molecule has 35 heavy (non-hydrogen) atoms. The maximum atomic E-state index is 14.8. The predicted octanol–water partition coefficient (Wildman–Crippen LogP) is 7.25. The summed E-state index contributed by atoms with van der Waals surface area (Å²) in [6.07, 6.45) is -3.18. The lowest BCUT2D eigenvalue weighted by Crippen LogP contribution is -2.18. The highest BCUT2D eigenvalue weighted by Gasteiger charge is 2.30. The topological polar surface area (TPSA) is 44.1 Å². The Morgan fingerprint density at radius 1 is 1.03 bits per heavy atom. The number of fused-ring (bicyclic) bond motifs is 1. The first-order valence-electron chi connectivity index (χ1n) is 10.5. The SMILES string of the molecule is C/C(=C\c1ccc(OC(F)(F)F)cc1)c1nn(-c2ccc(Cl)cc2F)c2cc(C)c(C)cc2c1=O. The van der Waals surface area contributed by atoms with E-state index in [0.717, 1.165) is 17.2 Å². The van der Waals surface area contributed by atoms with Gasteiger partial charge in [-0.3, -0.25) is 4.79 Å². The fourth-order valence-corrected chi connectivity index (χ4v) is 3.82. The first kappa shape index (κ1) is 24.5. The van der Waals surface area contributed by atoms with Crippen molar-refractivity contribution >= 4 is 34.2 Å². The lowest BCUT2D eigenvalue weighted by atomic mass is 10.0. The zero-order valence-corrected chi connectivity index (χ0v) is 19.6. The molecule has 4 aromatic rings. The molecule has 0 saturated carbocycles. The van der Waals surface area contributed by atoms with E-state index >= 15 is 0 Å². The molecule has 0 aliphatic rings. The summed E-state index contributed by atoms with van der Waals surface area (Å²) in [7, 11) is 0. The third kappa shape index (κ3) is 5.22. The average Bonchev–Trinajstić information content (AvgIpc) is 2.76. The highest BCUT2D eigenvalue weighted by atomic mass is 35.5. The Balaban J connectivity index is 1.88. The minimum atomic E-state index is -4.79. The third-order valence-corrected chi connectivity index (χ3v) is 5.74. The van der Waals surface area contributed by atoms with E-state index in [9.17, 15) is 22.4 Å². The molecule has 1 heterocycles. The summed E-state index contributed by atoms with van der Waals surface area (Å²) in [5.74, 6) is -0.969. The van der Waals surface area contributed by atoms with E-state index < -0.39 is 12.2 Å². The van der Waals surface area contributed by atoms with Gasteiger partial charge in [-0.15, -0.1) is 13.2 Å². The number of hydrogen-bond donors (Lipinski definition) is 0. The lowest BCUT2D eigenvalue weighted by Gasteiger charge is -2.15. The van der Waals surface area contributed by atoms with E-state index in [0.29, 0.717) is 22.0 Å². The van der Waals surface area contributed by atoms with Crippen LogP contribution in [0, 0.1) is 19.7 Å². The minimum absolute atomic E-state index is 0.0747. The predicted molar refractivity (Wildman–Crippen MR) is 128 cm³/mol. The van der Waals surface area contributed by atoms with Crippen LogP contribution in [0.4, 0.5) is 17.6 Å². The summed E-state index contributed by atoms with van der Waals surface area (Å²) in [6.45, 7) is 5.40. The second-order valence-electron chi connectivity index (χ2n) is 8.08. The monoisotopic (exact) mass is 502 g/mol. The van der Waals surface area contributed by atoms with Crippen molar-refractivity contribution < 1.29 is 22.3 Å². The number of alkyl halides is 3. The number of aromatic nitrogens is 2. The van der Waals surface area contributed by atoms with Gasteiger partial charge in [0.1, 0.15) is 22.9 Å². The number of allylic oxidation sites excluding steroid dienone is 1. The molecule has 0 unspecified atom stereocenters. The maximum Gasteiger partial charge on any atom is 0.573 e. The van der Waals surface area contributed by atoms with Crippen LogP contribution in [0.3, 0.4) is 0 Å². The Morgan fingerprint density at radius 2 is 1.69 bits per heavy atom. The van der Waals surface area contributed by atoms with E-state index in [2.05, 4.69) is 9.84 Å². The van der Waals surface area contributed by atoms with E-state index in [1.807, 2.05) is 13.8 Å². The molecule has 0 atom stereocenters. The summed E-state index contributed by atoms with van der Waals surface area (Å²) in [5.41, 5.74) is 3.05. The van der Waals surface area contributed by atoms with Gasteiger partial charge in [0.25, 0.3) is 0 Å². The molecule has 0 aliphatic heterocycles. The summed E-state index contributed by atoms with van der Waals surface area (Å²) < 4.78 is 57.3. The van der Waals surface area contributed by atoms with Crippen molar-refractivity contribution in [3.05, 3.63) is 98.0 Å². The van der Waals surface area contributed by atoms with Crippen LogP contribution in [0.1, 0.15) is 29.3 Å². The second kappa shape index (κ2) is 9.19. The van der Waals surface area contributed by atoms with Gasteiger partial charge in [0.2, 0.25) is 5.43 Å². The molecule has 0 N–H and O–H groups in total. The molecule has 0 amide bonds. The highest BCUT2D eigenvalue weighted by molar-refractivity contribution is 6.30. The molecule has 0 saturated heterocycles. The normalized spacial score (nSPS) is 12.3.